The summed E-state index contributed by atoms with van der Waals surface area (Å²) < 4.78 is 31.0. The highest BCUT2D eigenvalue weighted by molar-refractivity contribution is 7.92. The summed E-state index contributed by atoms with van der Waals surface area (Å²) in [5.41, 5.74) is 0.465. The van der Waals surface area contributed by atoms with Crippen molar-refractivity contribution >= 4 is 15.7 Å². The highest BCUT2D eigenvalue weighted by atomic mass is 32.2. The van der Waals surface area contributed by atoms with E-state index in [1.54, 1.807) is 19.1 Å². The summed E-state index contributed by atoms with van der Waals surface area (Å²) in [5, 5.41) is 9.43. The number of hydrogen-bond acceptors (Lipinski definition) is 4. The van der Waals surface area contributed by atoms with Gasteiger partial charge in [-0.25, -0.2) is 8.42 Å². The zero-order valence-corrected chi connectivity index (χ0v) is 12.4. The molecule has 1 N–H and O–H groups in total. The first-order valence-electron chi connectivity index (χ1n) is 6.28. The second kappa shape index (κ2) is 6.77. The van der Waals surface area contributed by atoms with Gasteiger partial charge in [-0.15, -0.1) is 0 Å². The van der Waals surface area contributed by atoms with E-state index in [1.807, 2.05) is 13.8 Å². The van der Waals surface area contributed by atoms with Crippen LogP contribution in [0.3, 0.4) is 0 Å². The fourth-order valence-corrected chi connectivity index (χ4v) is 3.04. The minimum atomic E-state index is -3.44. The van der Waals surface area contributed by atoms with Crippen LogP contribution in [0, 0.1) is 0 Å². The summed E-state index contributed by atoms with van der Waals surface area (Å²) in [5.74, 6) is -0.0288. The molecule has 0 heterocycles. The van der Waals surface area contributed by atoms with Gasteiger partial charge in [-0.05, 0) is 32.9 Å². The molecule has 6 heteroatoms. The van der Waals surface area contributed by atoms with Crippen LogP contribution < -0.4 is 4.31 Å². The predicted molar refractivity (Wildman–Crippen MR) is 76.0 cm³/mol. The first-order valence-corrected chi connectivity index (χ1v) is 7.88. The molecule has 108 valence electrons. The van der Waals surface area contributed by atoms with E-state index in [0.29, 0.717) is 12.2 Å². The number of ether oxygens (including phenoxy) is 1. The molecule has 1 aromatic rings. The maximum absolute atomic E-state index is 12.2. The Bertz CT molecular complexity index is 499. The van der Waals surface area contributed by atoms with Crippen LogP contribution in [0.15, 0.2) is 24.3 Å². The molecule has 0 aliphatic heterocycles. The van der Waals surface area contributed by atoms with Gasteiger partial charge < -0.3 is 9.84 Å². The fraction of sp³-hybridized carbons (Fsp3) is 0.538. The van der Waals surface area contributed by atoms with E-state index in [4.69, 9.17) is 4.74 Å². The number of nitrogens with zero attached hydrogens (tertiary/aromatic N) is 1. The van der Waals surface area contributed by atoms with Gasteiger partial charge in [0.15, 0.2) is 0 Å². The van der Waals surface area contributed by atoms with Crippen LogP contribution in [0.1, 0.15) is 20.8 Å². The van der Waals surface area contributed by atoms with E-state index in [1.165, 1.54) is 16.4 Å². The van der Waals surface area contributed by atoms with Crippen LogP contribution in [-0.4, -0.2) is 38.5 Å². The third-order valence-electron chi connectivity index (χ3n) is 2.53. The lowest BCUT2D eigenvalue weighted by molar-refractivity contribution is 0.0912. The normalized spacial score (nSPS) is 11.8. The van der Waals surface area contributed by atoms with E-state index >= 15 is 0 Å². The van der Waals surface area contributed by atoms with Gasteiger partial charge in [0.2, 0.25) is 10.0 Å². The van der Waals surface area contributed by atoms with Crippen LogP contribution in [0.4, 0.5) is 5.69 Å². The summed E-state index contributed by atoms with van der Waals surface area (Å²) in [4.78, 5) is 0. The molecule has 5 nitrogen and oxygen atoms in total. The average Bonchev–Trinajstić information content (AvgIpc) is 2.28. The Balaban J connectivity index is 2.84. The summed E-state index contributed by atoms with van der Waals surface area (Å²) in [6.07, 6.45) is 0.00560. The van der Waals surface area contributed by atoms with Crippen LogP contribution in [0.5, 0.6) is 5.75 Å². The lowest BCUT2D eigenvalue weighted by Crippen LogP contribution is -2.34. The van der Waals surface area contributed by atoms with Crippen molar-refractivity contribution < 1.29 is 18.3 Å². The highest BCUT2D eigenvalue weighted by Gasteiger charge is 2.21. The van der Waals surface area contributed by atoms with Crippen molar-refractivity contribution in [3.05, 3.63) is 24.3 Å². The summed E-state index contributed by atoms with van der Waals surface area (Å²) >= 11 is 0. The molecule has 0 saturated carbocycles. The Morgan fingerprint density at radius 2 is 2.05 bits per heavy atom. The molecule has 0 aliphatic carbocycles. The van der Waals surface area contributed by atoms with Crippen molar-refractivity contribution in [2.45, 2.75) is 26.9 Å². The molecule has 0 spiro atoms. The summed E-state index contributed by atoms with van der Waals surface area (Å²) in [6.45, 7) is 5.95. The van der Waals surface area contributed by atoms with Gasteiger partial charge in [-0.2, -0.15) is 0 Å². The highest BCUT2D eigenvalue weighted by Crippen LogP contribution is 2.22. The van der Waals surface area contributed by atoms with Gasteiger partial charge in [-0.3, -0.25) is 4.31 Å². The van der Waals surface area contributed by atoms with Gasteiger partial charge in [0.1, 0.15) is 5.75 Å². The number of rotatable bonds is 7. The second-order valence-electron chi connectivity index (χ2n) is 4.42. The number of anilines is 1. The largest absolute Gasteiger partial charge is 0.508 e. The Labute approximate surface area is 114 Å². The Kier molecular flexibility index (Phi) is 5.62. The number of aromatic hydroxyl groups is 1. The van der Waals surface area contributed by atoms with Crippen molar-refractivity contribution in [1.82, 2.24) is 0 Å². The van der Waals surface area contributed by atoms with Gasteiger partial charge in [0, 0.05) is 12.6 Å². The molecule has 0 amide bonds. The number of hydrogen-bond donors (Lipinski definition) is 1. The SMILES string of the molecule is CCN(c1cccc(O)c1)S(=O)(=O)CCOC(C)C. The molecule has 19 heavy (non-hydrogen) atoms. The Morgan fingerprint density at radius 3 is 2.58 bits per heavy atom. The van der Waals surface area contributed by atoms with Crippen LogP contribution in [0.2, 0.25) is 0 Å². The maximum atomic E-state index is 12.2. The van der Waals surface area contributed by atoms with E-state index in [-0.39, 0.29) is 24.2 Å². The van der Waals surface area contributed by atoms with Gasteiger partial charge >= 0.3 is 0 Å². The molecule has 0 saturated heterocycles. The van der Waals surface area contributed by atoms with E-state index in [0.717, 1.165) is 0 Å². The first-order chi connectivity index (χ1) is 8.86. The third kappa shape index (κ3) is 4.72. The second-order valence-corrected chi connectivity index (χ2v) is 6.43. The van der Waals surface area contributed by atoms with Crippen LogP contribution in [0.25, 0.3) is 0 Å². The van der Waals surface area contributed by atoms with Crippen molar-refractivity contribution in [2.24, 2.45) is 0 Å². The molecule has 0 atom stereocenters. The maximum Gasteiger partial charge on any atom is 0.237 e. The molecule has 0 aromatic heterocycles. The Morgan fingerprint density at radius 1 is 1.37 bits per heavy atom. The summed E-state index contributed by atoms with van der Waals surface area (Å²) in [6, 6.07) is 6.22. The topological polar surface area (TPSA) is 66.8 Å². The number of phenols is 1. The number of phenolic OH excluding ortho intramolecular Hbond substituents is 1. The summed E-state index contributed by atoms with van der Waals surface area (Å²) in [7, 11) is -3.44. The molecule has 0 bridgehead atoms. The van der Waals surface area contributed by atoms with Crippen molar-refractivity contribution in [3.8, 4) is 5.75 Å². The molecular formula is C13H21NO4S. The molecule has 0 radical (unpaired) electrons. The van der Waals surface area contributed by atoms with Gasteiger partial charge in [0.25, 0.3) is 0 Å². The van der Waals surface area contributed by atoms with Crippen LogP contribution >= 0.6 is 0 Å². The third-order valence-corrected chi connectivity index (χ3v) is 4.36. The van der Waals surface area contributed by atoms with Crippen molar-refractivity contribution in [2.75, 3.05) is 23.2 Å². The van der Waals surface area contributed by atoms with Crippen LogP contribution in [-0.2, 0) is 14.8 Å². The molecule has 1 rings (SSSR count). The number of sulfonamides is 1. The lowest BCUT2D eigenvalue weighted by Gasteiger charge is -2.23. The molecule has 0 aliphatic rings. The minimum Gasteiger partial charge on any atom is -0.508 e. The average molecular weight is 287 g/mol. The number of benzene rings is 1. The quantitative estimate of drug-likeness (QED) is 0.832. The van der Waals surface area contributed by atoms with Gasteiger partial charge in [-0.1, -0.05) is 6.07 Å². The van der Waals surface area contributed by atoms with Gasteiger partial charge in [0.05, 0.1) is 24.2 Å². The lowest BCUT2D eigenvalue weighted by atomic mass is 10.3. The van der Waals surface area contributed by atoms with E-state index in [9.17, 15) is 13.5 Å². The zero-order chi connectivity index (χ0) is 14.5. The minimum absolute atomic E-state index is 0.00560. The van der Waals surface area contributed by atoms with Crippen molar-refractivity contribution in [1.29, 1.82) is 0 Å². The van der Waals surface area contributed by atoms with E-state index in [2.05, 4.69) is 0 Å². The molecular weight excluding hydrogens is 266 g/mol. The molecule has 1 aromatic carbocycles. The molecule has 0 unspecified atom stereocenters. The first kappa shape index (κ1) is 15.8. The zero-order valence-electron chi connectivity index (χ0n) is 11.5. The Hall–Kier alpha value is -1.27. The smallest absolute Gasteiger partial charge is 0.237 e. The van der Waals surface area contributed by atoms with Crippen molar-refractivity contribution in [3.63, 3.8) is 0 Å². The monoisotopic (exact) mass is 287 g/mol. The fourth-order valence-electron chi connectivity index (χ4n) is 1.69. The molecule has 0 fully saturated rings. The standard InChI is InChI=1S/C13H21NO4S/c1-4-14(12-6-5-7-13(15)10-12)19(16,17)9-8-18-11(2)3/h5-7,10-11,15H,4,8-9H2,1-3H3. The predicted octanol–water partition coefficient (Wildman–Crippen LogP) is 1.97. The van der Waals surface area contributed by atoms with E-state index < -0.39 is 10.0 Å².